The van der Waals surface area contributed by atoms with Crippen molar-refractivity contribution in [1.82, 2.24) is 0 Å². The first kappa shape index (κ1) is 59.1. The van der Waals surface area contributed by atoms with Gasteiger partial charge in [0.15, 0.2) is 6.10 Å². The Morgan fingerprint density at radius 1 is 0.317 bits per heavy atom. The van der Waals surface area contributed by atoms with Crippen LogP contribution in [0, 0.1) is 0 Å². The topological polar surface area (TPSA) is 78.9 Å². The average molecular weight is 873 g/mol. The highest BCUT2D eigenvalue weighted by molar-refractivity contribution is 5.71. The summed E-state index contributed by atoms with van der Waals surface area (Å²) in [6.45, 7) is 6.42. The molecule has 0 aliphatic carbocycles. The molecule has 0 aromatic carbocycles. The van der Waals surface area contributed by atoms with E-state index in [9.17, 15) is 14.4 Å². The van der Waals surface area contributed by atoms with E-state index in [0.29, 0.717) is 19.3 Å². The summed E-state index contributed by atoms with van der Waals surface area (Å²) in [5, 5.41) is 0. The van der Waals surface area contributed by atoms with Gasteiger partial charge < -0.3 is 14.2 Å². The molecule has 0 heterocycles. The van der Waals surface area contributed by atoms with Crippen LogP contribution >= 0.6 is 0 Å². The Hall–Kier alpha value is -3.93. The van der Waals surface area contributed by atoms with Crippen LogP contribution in [0.4, 0.5) is 0 Å². The maximum atomic E-state index is 12.7. The molecule has 0 aromatic rings. The van der Waals surface area contributed by atoms with Gasteiger partial charge in [0.2, 0.25) is 0 Å². The monoisotopic (exact) mass is 873 g/mol. The molecular formula is C57H92O6. The van der Waals surface area contributed by atoms with Crippen LogP contribution in [0.2, 0.25) is 0 Å². The molecule has 0 radical (unpaired) electrons. The Balaban J connectivity index is 4.56. The van der Waals surface area contributed by atoms with Gasteiger partial charge >= 0.3 is 17.9 Å². The lowest BCUT2D eigenvalue weighted by Crippen LogP contribution is -2.30. The third kappa shape index (κ3) is 49.0. The molecule has 0 fully saturated rings. The molecule has 0 saturated carbocycles. The van der Waals surface area contributed by atoms with Crippen LogP contribution in [0.3, 0.4) is 0 Å². The predicted octanol–water partition coefficient (Wildman–Crippen LogP) is 16.8. The van der Waals surface area contributed by atoms with Crippen LogP contribution in [0.5, 0.6) is 0 Å². The fourth-order valence-electron chi connectivity index (χ4n) is 6.35. The first-order valence-electron chi connectivity index (χ1n) is 25.4. The summed E-state index contributed by atoms with van der Waals surface area (Å²) < 4.78 is 16.7. The van der Waals surface area contributed by atoms with Crippen molar-refractivity contribution in [2.24, 2.45) is 0 Å². The van der Waals surface area contributed by atoms with E-state index >= 15 is 0 Å². The molecule has 63 heavy (non-hydrogen) atoms. The SMILES string of the molecule is CCCC/C=C\CCCCCCCC(=O)OC(COC(=O)CCC/C=C\C/C=C\C/C=C\C/C=C\CCCCC)COC(=O)CCC/C=C\C/C=C\C/C=C\C/C=C\CCCCC. The van der Waals surface area contributed by atoms with E-state index in [-0.39, 0.29) is 44.0 Å². The van der Waals surface area contributed by atoms with Gasteiger partial charge in [-0.05, 0) is 116 Å². The van der Waals surface area contributed by atoms with Crippen LogP contribution < -0.4 is 0 Å². The third-order valence-electron chi connectivity index (χ3n) is 10.2. The Labute approximate surface area is 387 Å². The Morgan fingerprint density at radius 3 is 1.00 bits per heavy atom. The number of hydrogen-bond donors (Lipinski definition) is 0. The molecule has 0 spiro atoms. The van der Waals surface area contributed by atoms with Crippen LogP contribution in [-0.4, -0.2) is 37.2 Å². The second-order valence-corrected chi connectivity index (χ2v) is 16.4. The summed E-state index contributed by atoms with van der Waals surface area (Å²) in [6.07, 6.45) is 67.9. The number of carbonyl (C=O) groups excluding carboxylic acids is 3. The second-order valence-electron chi connectivity index (χ2n) is 16.4. The van der Waals surface area contributed by atoms with Crippen LogP contribution in [0.1, 0.15) is 213 Å². The molecule has 0 aromatic heterocycles. The van der Waals surface area contributed by atoms with Crippen molar-refractivity contribution in [1.29, 1.82) is 0 Å². The molecule has 6 heteroatoms. The first-order chi connectivity index (χ1) is 31.0. The highest BCUT2D eigenvalue weighted by Crippen LogP contribution is 2.11. The molecule has 0 aliphatic heterocycles. The molecule has 0 aliphatic rings. The largest absolute Gasteiger partial charge is 0.462 e. The maximum Gasteiger partial charge on any atom is 0.306 e. The smallest absolute Gasteiger partial charge is 0.306 e. The summed E-state index contributed by atoms with van der Waals surface area (Å²) in [4.78, 5) is 37.9. The van der Waals surface area contributed by atoms with E-state index in [1.165, 1.54) is 70.6 Å². The van der Waals surface area contributed by atoms with Gasteiger partial charge in [-0.1, -0.05) is 188 Å². The van der Waals surface area contributed by atoms with Gasteiger partial charge in [-0.15, -0.1) is 0 Å². The fraction of sp³-hybridized carbons (Fsp3) is 0.632. The highest BCUT2D eigenvalue weighted by Gasteiger charge is 2.19. The fourth-order valence-corrected chi connectivity index (χ4v) is 6.35. The van der Waals surface area contributed by atoms with Crippen molar-refractivity contribution in [2.75, 3.05) is 13.2 Å². The predicted molar refractivity (Wildman–Crippen MR) is 270 cm³/mol. The van der Waals surface area contributed by atoms with E-state index in [1.807, 2.05) is 0 Å². The zero-order valence-electron chi connectivity index (χ0n) is 40.5. The van der Waals surface area contributed by atoms with Gasteiger partial charge in [0.1, 0.15) is 13.2 Å². The summed E-state index contributed by atoms with van der Waals surface area (Å²) in [5.41, 5.74) is 0. The molecular weight excluding hydrogens is 781 g/mol. The van der Waals surface area contributed by atoms with E-state index in [4.69, 9.17) is 14.2 Å². The summed E-state index contributed by atoms with van der Waals surface area (Å²) in [7, 11) is 0. The summed E-state index contributed by atoms with van der Waals surface area (Å²) >= 11 is 0. The van der Waals surface area contributed by atoms with E-state index in [0.717, 1.165) is 89.9 Å². The number of hydrogen-bond acceptors (Lipinski definition) is 6. The van der Waals surface area contributed by atoms with Crippen LogP contribution in [-0.2, 0) is 28.6 Å². The van der Waals surface area contributed by atoms with Crippen molar-refractivity contribution in [2.45, 2.75) is 219 Å². The summed E-state index contributed by atoms with van der Waals surface area (Å²) in [6, 6.07) is 0. The molecule has 0 atom stereocenters. The third-order valence-corrected chi connectivity index (χ3v) is 10.2. The lowest BCUT2D eigenvalue weighted by Gasteiger charge is -2.18. The minimum Gasteiger partial charge on any atom is -0.462 e. The van der Waals surface area contributed by atoms with Crippen molar-refractivity contribution >= 4 is 17.9 Å². The number of ether oxygens (including phenoxy) is 3. The number of carbonyl (C=O) groups is 3. The molecule has 0 N–H and O–H groups in total. The maximum absolute atomic E-state index is 12.7. The van der Waals surface area contributed by atoms with Crippen molar-refractivity contribution in [3.63, 3.8) is 0 Å². The zero-order chi connectivity index (χ0) is 45.8. The molecule has 6 nitrogen and oxygen atoms in total. The van der Waals surface area contributed by atoms with E-state index in [1.54, 1.807) is 0 Å². The first-order valence-corrected chi connectivity index (χ1v) is 25.4. The molecule has 0 saturated heterocycles. The van der Waals surface area contributed by atoms with Gasteiger partial charge in [0.25, 0.3) is 0 Å². The minimum atomic E-state index is -0.827. The van der Waals surface area contributed by atoms with Gasteiger partial charge in [0.05, 0.1) is 0 Å². The Morgan fingerprint density at radius 2 is 0.603 bits per heavy atom. The Kier molecular flexibility index (Phi) is 47.5. The van der Waals surface area contributed by atoms with Gasteiger partial charge in [-0.2, -0.15) is 0 Å². The van der Waals surface area contributed by atoms with E-state index < -0.39 is 6.10 Å². The van der Waals surface area contributed by atoms with Gasteiger partial charge in [-0.3, -0.25) is 14.4 Å². The average Bonchev–Trinajstić information content (AvgIpc) is 3.28. The standard InChI is InChI=1S/C57H92O6/c1-4-7-10-13-16-19-22-24-26-28-30-32-35-37-40-43-46-49-55(58)61-52-54(63-57(60)51-48-45-42-39-34-21-18-15-12-9-6-3)53-62-56(59)50-47-44-41-38-36-33-31-29-27-25-23-20-17-14-11-8-5-2/h15-20,24-27,30-33,37-38,40-41,54H,4-14,21-23,28-29,34-36,39,42-53H2,1-3H3/b18-15-,19-16-,20-17-,26-24-,27-25-,32-30-,33-31-,40-37-,41-38-. The van der Waals surface area contributed by atoms with Crippen molar-refractivity contribution in [3.8, 4) is 0 Å². The number of rotatable bonds is 44. The lowest BCUT2D eigenvalue weighted by atomic mass is 10.1. The summed E-state index contributed by atoms with van der Waals surface area (Å²) in [5.74, 6) is -1.05. The molecule has 356 valence electrons. The van der Waals surface area contributed by atoms with Crippen LogP contribution in [0.25, 0.3) is 0 Å². The Bertz CT molecular complexity index is 1250. The van der Waals surface area contributed by atoms with Gasteiger partial charge in [0, 0.05) is 19.3 Å². The van der Waals surface area contributed by atoms with Crippen molar-refractivity contribution in [3.05, 3.63) is 109 Å². The number of esters is 3. The normalized spacial score (nSPS) is 12.6. The number of allylic oxidation sites excluding steroid dienone is 18. The lowest BCUT2D eigenvalue weighted by molar-refractivity contribution is -0.167. The van der Waals surface area contributed by atoms with E-state index in [2.05, 4.69) is 130 Å². The quantitative estimate of drug-likeness (QED) is 0.0263. The molecule has 0 unspecified atom stereocenters. The molecule has 0 rings (SSSR count). The number of unbranched alkanes of at least 4 members (excludes halogenated alkanes) is 15. The zero-order valence-corrected chi connectivity index (χ0v) is 40.5. The highest BCUT2D eigenvalue weighted by atomic mass is 16.6. The second kappa shape index (κ2) is 50.7. The molecule has 0 amide bonds. The molecule has 0 bridgehead atoms. The van der Waals surface area contributed by atoms with Gasteiger partial charge in [-0.25, -0.2) is 0 Å². The van der Waals surface area contributed by atoms with Crippen LogP contribution in [0.15, 0.2) is 109 Å². The minimum absolute atomic E-state index is 0.129. The van der Waals surface area contributed by atoms with Crippen molar-refractivity contribution < 1.29 is 28.6 Å².